The minimum absolute atomic E-state index is 0.117. The van der Waals surface area contributed by atoms with Crippen molar-refractivity contribution in [1.82, 2.24) is 14.8 Å². The van der Waals surface area contributed by atoms with Gasteiger partial charge in [0, 0.05) is 12.2 Å². The number of aromatic nitrogens is 3. The molecule has 0 fully saturated rings. The number of carbonyl (C=O) groups is 2. The Labute approximate surface area is 195 Å². The van der Waals surface area contributed by atoms with Gasteiger partial charge in [-0.05, 0) is 43.3 Å². The Morgan fingerprint density at radius 2 is 1.82 bits per heavy atom. The van der Waals surface area contributed by atoms with Crippen molar-refractivity contribution in [1.29, 1.82) is 0 Å². The average Bonchev–Trinajstić information content (AvgIpc) is 3.15. The van der Waals surface area contributed by atoms with Crippen LogP contribution in [0, 0.1) is 0 Å². The molecule has 9 nitrogen and oxygen atoms in total. The zero-order valence-electron chi connectivity index (χ0n) is 17.7. The summed E-state index contributed by atoms with van der Waals surface area (Å²) in [6.07, 6.45) is 1.60. The predicted molar refractivity (Wildman–Crippen MR) is 125 cm³/mol. The van der Waals surface area contributed by atoms with Crippen LogP contribution in [0.5, 0.6) is 0 Å². The fourth-order valence-electron chi connectivity index (χ4n) is 2.86. The van der Waals surface area contributed by atoms with Crippen LogP contribution < -0.4 is 5.32 Å². The molecule has 1 aromatic heterocycles. The Balaban J connectivity index is 1.73. The summed E-state index contributed by atoms with van der Waals surface area (Å²) in [6.45, 7) is 5.66. The number of carboxylic acid groups (broad SMARTS) is 1. The number of aromatic carboxylic acids is 1. The van der Waals surface area contributed by atoms with Crippen LogP contribution in [-0.2, 0) is 26.9 Å². The first-order valence-corrected chi connectivity index (χ1v) is 12.4. The van der Waals surface area contributed by atoms with Crippen molar-refractivity contribution in [2.75, 3.05) is 5.32 Å². The lowest BCUT2D eigenvalue weighted by Gasteiger charge is -2.13. The number of carbonyl (C=O) groups excluding carboxylic acids is 1. The van der Waals surface area contributed by atoms with Gasteiger partial charge in [-0.15, -0.1) is 16.8 Å². The van der Waals surface area contributed by atoms with Crippen LogP contribution in [0.3, 0.4) is 0 Å². The SMILES string of the molecule is C=CCn1c(CS(=O)(=O)c2ccccc2)nnc1SC(C)C(=O)Nc1ccc(C(=O)O)cc1. The topological polar surface area (TPSA) is 131 Å². The van der Waals surface area contributed by atoms with Gasteiger partial charge < -0.3 is 15.0 Å². The van der Waals surface area contributed by atoms with Crippen molar-refractivity contribution in [2.24, 2.45) is 0 Å². The third-order valence-corrected chi connectivity index (χ3v) is 7.29. The Kier molecular flexibility index (Phi) is 7.67. The lowest BCUT2D eigenvalue weighted by Crippen LogP contribution is -2.23. The summed E-state index contributed by atoms with van der Waals surface area (Å²) in [6, 6.07) is 13.9. The van der Waals surface area contributed by atoms with Gasteiger partial charge in [0.15, 0.2) is 15.0 Å². The van der Waals surface area contributed by atoms with E-state index in [1.165, 1.54) is 36.4 Å². The molecule has 33 heavy (non-hydrogen) atoms. The Hall–Kier alpha value is -3.44. The molecule has 0 aliphatic carbocycles. The summed E-state index contributed by atoms with van der Waals surface area (Å²) in [7, 11) is -3.62. The number of sulfone groups is 1. The van der Waals surface area contributed by atoms with Gasteiger partial charge in [0.2, 0.25) is 5.91 Å². The van der Waals surface area contributed by atoms with Gasteiger partial charge in [-0.2, -0.15) is 0 Å². The van der Waals surface area contributed by atoms with E-state index < -0.39 is 21.1 Å². The molecule has 0 saturated carbocycles. The lowest BCUT2D eigenvalue weighted by molar-refractivity contribution is -0.115. The summed E-state index contributed by atoms with van der Waals surface area (Å²) in [4.78, 5) is 23.7. The number of rotatable bonds is 10. The molecule has 3 aromatic rings. The van der Waals surface area contributed by atoms with E-state index in [4.69, 9.17) is 5.11 Å². The molecule has 0 saturated heterocycles. The summed E-state index contributed by atoms with van der Waals surface area (Å²) in [5.41, 5.74) is 0.575. The van der Waals surface area contributed by atoms with Gasteiger partial charge in [-0.25, -0.2) is 13.2 Å². The van der Waals surface area contributed by atoms with Crippen molar-refractivity contribution in [2.45, 2.75) is 34.5 Å². The van der Waals surface area contributed by atoms with Gasteiger partial charge >= 0.3 is 5.97 Å². The molecule has 0 bridgehead atoms. The standard InChI is InChI=1S/C22H22N4O5S2/c1-3-13-26-19(14-33(30,31)18-7-5-4-6-8-18)24-25-22(26)32-15(2)20(27)23-17-11-9-16(10-12-17)21(28)29/h3-12,15H,1,13-14H2,2H3,(H,23,27)(H,28,29). The first-order valence-electron chi connectivity index (χ1n) is 9.83. The number of amides is 1. The number of anilines is 1. The fourth-order valence-corrected chi connectivity index (χ4v) is 5.03. The molecule has 172 valence electrons. The summed E-state index contributed by atoms with van der Waals surface area (Å²) in [5.74, 6) is -1.47. The number of carboxylic acids is 1. The molecule has 1 unspecified atom stereocenters. The molecule has 0 aliphatic heterocycles. The average molecular weight is 487 g/mol. The van der Waals surface area contributed by atoms with E-state index >= 15 is 0 Å². The molecule has 3 rings (SSSR count). The predicted octanol–water partition coefficient (Wildman–Crippen LogP) is 3.26. The maximum absolute atomic E-state index is 12.8. The number of nitrogens with one attached hydrogen (secondary N) is 1. The van der Waals surface area contributed by atoms with Gasteiger partial charge in [0.1, 0.15) is 11.6 Å². The van der Waals surface area contributed by atoms with Crippen LogP contribution in [0.4, 0.5) is 5.69 Å². The first kappa shape index (κ1) is 24.2. The molecule has 0 aliphatic rings. The fraction of sp³-hybridized carbons (Fsp3) is 0.182. The molecule has 1 amide bonds. The number of benzene rings is 2. The third-order valence-electron chi connectivity index (χ3n) is 4.58. The van der Waals surface area contributed by atoms with Crippen LogP contribution in [-0.4, -0.2) is 45.4 Å². The molecule has 0 spiro atoms. The lowest BCUT2D eigenvalue weighted by atomic mass is 10.2. The monoisotopic (exact) mass is 486 g/mol. The van der Waals surface area contributed by atoms with Crippen LogP contribution >= 0.6 is 11.8 Å². The highest BCUT2D eigenvalue weighted by atomic mass is 32.2. The molecule has 0 radical (unpaired) electrons. The van der Waals surface area contributed by atoms with Crippen molar-refractivity contribution in [3.8, 4) is 0 Å². The molecule has 2 N–H and O–H groups in total. The van der Waals surface area contributed by atoms with E-state index in [0.29, 0.717) is 10.8 Å². The minimum Gasteiger partial charge on any atom is -0.478 e. The molecule has 1 atom stereocenters. The number of nitrogens with zero attached hydrogens (tertiary/aromatic N) is 3. The minimum atomic E-state index is -3.62. The second-order valence-electron chi connectivity index (χ2n) is 7.00. The van der Waals surface area contributed by atoms with Gasteiger partial charge in [0.05, 0.1) is 15.7 Å². The second kappa shape index (κ2) is 10.5. The van der Waals surface area contributed by atoms with E-state index in [9.17, 15) is 18.0 Å². The maximum Gasteiger partial charge on any atom is 0.335 e. The van der Waals surface area contributed by atoms with E-state index in [0.717, 1.165) is 11.8 Å². The normalized spacial score (nSPS) is 12.2. The van der Waals surface area contributed by atoms with Crippen molar-refractivity contribution in [3.63, 3.8) is 0 Å². The zero-order chi connectivity index (χ0) is 24.0. The van der Waals surface area contributed by atoms with Crippen LogP contribution in [0.15, 0.2) is 77.3 Å². The van der Waals surface area contributed by atoms with Crippen LogP contribution in [0.1, 0.15) is 23.1 Å². The van der Waals surface area contributed by atoms with E-state index in [1.807, 2.05) is 0 Å². The zero-order valence-corrected chi connectivity index (χ0v) is 19.3. The first-order chi connectivity index (χ1) is 15.7. The third kappa shape index (κ3) is 6.08. The summed E-state index contributed by atoms with van der Waals surface area (Å²) in [5, 5.41) is 19.6. The molecule has 11 heteroatoms. The highest BCUT2D eigenvalue weighted by Gasteiger charge is 2.24. The number of hydrogen-bond acceptors (Lipinski definition) is 7. The van der Waals surface area contributed by atoms with E-state index in [2.05, 4.69) is 22.1 Å². The maximum atomic E-state index is 12.8. The van der Waals surface area contributed by atoms with Crippen molar-refractivity contribution >= 4 is 39.2 Å². The van der Waals surface area contributed by atoms with Gasteiger partial charge in [0.25, 0.3) is 0 Å². The van der Waals surface area contributed by atoms with Crippen LogP contribution in [0.2, 0.25) is 0 Å². The Morgan fingerprint density at radius 1 is 1.15 bits per heavy atom. The van der Waals surface area contributed by atoms with E-state index in [1.54, 1.807) is 35.8 Å². The largest absolute Gasteiger partial charge is 0.478 e. The highest BCUT2D eigenvalue weighted by molar-refractivity contribution is 8.00. The molecular formula is C22H22N4O5S2. The molecule has 1 heterocycles. The number of hydrogen-bond donors (Lipinski definition) is 2. The summed E-state index contributed by atoms with van der Waals surface area (Å²) >= 11 is 1.13. The highest BCUT2D eigenvalue weighted by Crippen LogP contribution is 2.25. The molecular weight excluding hydrogens is 464 g/mol. The quantitative estimate of drug-likeness (QED) is 0.330. The number of allylic oxidation sites excluding steroid dienone is 1. The number of thioether (sulfide) groups is 1. The van der Waals surface area contributed by atoms with Crippen molar-refractivity contribution < 1.29 is 23.1 Å². The van der Waals surface area contributed by atoms with Crippen LogP contribution in [0.25, 0.3) is 0 Å². The smallest absolute Gasteiger partial charge is 0.335 e. The Morgan fingerprint density at radius 3 is 2.42 bits per heavy atom. The van der Waals surface area contributed by atoms with E-state index in [-0.39, 0.29) is 34.5 Å². The van der Waals surface area contributed by atoms with Gasteiger partial charge in [-0.1, -0.05) is 36.0 Å². The Bertz CT molecular complexity index is 1260. The molecule has 2 aromatic carbocycles. The van der Waals surface area contributed by atoms with Crippen molar-refractivity contribution in [3.05, 3.63) is 78.6 Å². The second-order valence-corrected chi connectivity index (χ2v) is 10.3. The van der Waals surface area contributed by atoms with Gasteiger partial charge in [-0.3, -0.25) is 4.79 Å². The summed E-state index contributed by atoms with van der Waals surface area (Å²) < 4.78 is 27.1.